The molecule has 2 heterocycles. The molecule has 0 unspecified atom stereocenters. The Morgan fingerprint density at radius 1 is 1.13 bits per heavy atom. The molecule has 2 aromatic heterocycles. The number of nitrogens with zero attached hydrogens (tertiary/aromatic N) is 2. The molecular weight excluding hydrogens is 402 g/mol. The second-order valence-electron chi connectivity index (χ2n) is 6.68. The molecule has 30 heavy (non-hydrogen) atoms. The number of Topliss-reactive ketones (excluding diaryl/α,β-unsaturated/α-hetero) is 1. The summed E-state index contributed by atoms with van der Waals surface area (Å²) in [4.78, 5) is 33.7. The number of carbonyl (C=O) groups is 1. The third-order valence-corrected chi connectivity index (χ3v) is 5.82. The van der Waals surface area contributed by atoms with Crippen LogP contribution in [-0.2, 0) is 11.3 Å². The second-order valence-corrected chi connectivity index (χ2v) is 7.62. The zero-order valence-corrected chi connectivity index (χ0v) is 17.5. The van der Waals surface area contributed by atoms with Crippen molar-refractivity contribution < 1.29 is 14.3 Å². The Bertz CT molecular complexity index is 1260. The van der Waals surface area contributed by atoms with E-state index < -0.39 is 0 Å². The predicted molar refractivity (Wildman–Crippen MR) is 118 cm³/mol. The van der Waals surface area contributed by atoms with Crippen LogP contribution in [0.1, 0.15) is 10.4 Å². The molecule has 2 aromatic carbocycles. The highest BCUT2D eigenvalue weighted by molar-refractivity contribution is 7.99. The van der Waals surface area contributed by atoms with E-state index in [-0.39, 0.29) is 17.1 Å². The van der Waals surface area contributed by atoms with Gasteiger partial charge in [-0.25, -0.2) is 4.98 Å². The van der Waals surface area contributed by atoms with Crippen molar-refractivity contribution in [2.24, 2.45) is 0 Å². The van der Waals surface area contributed by atoms with Crippen LogP contribution in [0.4, 0.5) is 0 Å². The number of para-hydroxylation sites is 1. The summed E-state index contributed by atoms with van der Waals surface area (Å²) in [6.07, 6.45) is 0. The summed E-state index contributed by atoms with van der Waals surface area (Å²) < 4.78 is 11.9. The zero-order chi connectivity index (χ0) is 21.1. The van der Waals surface area contributed by atoms with Gasteiger partial charge in [0.15, 0.2) is 10.9 Å². The SMILES string of the molecule is COCCn1c(SCC(=O)c2ccc(OC)cc2)nc2c([nH]c3ccccc32)c1=O. The average molecular weight is 423 g/mol. The van der Waals surface area contributed by atoms with E-state index >= 15 is 0 Å². The smallest absolute Gasteiger partial charge is 0.278 e. The molecule has 0 radical (unpaired) electrons. The Labute approximate surface area is 177 Å². The highest BCUT2D eigenvalue weighted by atomic mass is 32.2. The summed E-state index contributed by atoms with van der Waals surface area (Å²) >= 11 is 1.25. The molecule has 1 N–H and O–H groups in total. The first-order valence-corrected chi connectivity index (χ1v) is 10.4. The van der Waals surface area contributed by atoms with E-state index in [1.807, 2.05) is 24.3 Å². The molecule has 0 aliphatic rings. The topological polar surface area (TPSA) is 86.2 Å². The molecule has 154 valence electrons. The number of nitrogens with one attached hydrogen (secondary N) is 1. The van der Waals surface area contributed by atoms with Crippen LogP contribution in [0, 0.1) is 0 Å². The van der Waals surface area contributed by atoms with Gasteiger partial charge in [-0.15, -0.1) is 0 Å². The molecular formula is C22H21N3O4S. The lowest BCUT2D eigenvalue weighted by molar-refractivity contribution is 0.102. The maximum Gasteiger partial charge on any atom is 0.278 e. The summed E-state index contributed by atoms with van der Waals surface area (Å²) in [7, 11) is 3.17. The molecule has 0 bridgehead atoms. The van der Waals surface area contributed by atoms with Gasteiger partial charge < -0.3 is 14.5 Å². The van der Waals surface area contributed by atoms with Gasteiger partial charge in [0.25, 0.3) is 5.56 Å². The van der Waals surface area contributed by atoms with E-state index in [0.29, 0.717) is 40.7 Å². The van der Waals surface area contributed by atoms with Crippen LogP contribution in [0.25, 0.3) is 21.9 Å². The van der Waals surface area contributed by atoms with E-state index in [0.717, 1.165) is 10.9 Å². The fourth-order valence-corrected chi connectivity index (χ4v) is 4.17. The van der Waals surface area contributed by atoms with Gasteiger partial charge in [0.1, 0.15) is 16.8 Å². The number of aromatic amines is 1. The Balaban J connectivity index is 1.69. The van der Waals surface area contributed by atoms with Crippen LogP contribution in [0.2, 0.25) is 0 Å². The molecule has 0 spiro atoms. The van der Waals surface area contributed by atoms with Crippen molar-refractivity contribution in [2.75, 3.05) is 26.6 Å². The highest BCUT2D eigenvalue weighted by Gasteiger charge is 2.17. The quantitative estimate of drug-likeness (QED) is 0.265. The van der Waals surface area contributed by atoms with Gasteiger partial charge in [-0.2, -0.15) is 0 Å². The van der Waals surface area contributed by atoms with Gasteiger partial charge in [-0.3, -0.25) is 14.2 Å². The summed E-state index contributed by atoms with van der Waals surface area (Å²) in [5.74, 6) is 0.813. The maximum absolute atomic E-state index is 13.1. The Hall–Kier alpha value is -3.10. The largest absolute Gasteiger partial charge is 0.497 e. The van der Waals surface area contributed by atoms with Crippen LogP contribution < -0.4 is 10.3 Å². The minimum atomic E-state index is -0.173. The van der Waals surface area contributed by atoms with E-state index in [9.17, 15) is 9.59 Å². The number of hydrogen-bond donors (Lipinski definition) is 1. The fourth-order valence-electron chi connectivity index (χ4n) is 3.26. The van der Waals surface area contributed by atoms with Crippen LogP contribution in [0.5, 0.6) is 5.75 Å². The third-order valence-electron chi connectivity index (χ3n) is 4.84. The van der Waals surface area contributed by atoms with Gasteiger partial charge in [0.2, 0.25) is 0 Å². The first-order valence-electron chi connectivity index (χ1n) is 9.42. The van der Waals surface area contributed by atoms with Crippen molar-refractivity contribution >= 4 is 39.5 Å². The molecule has 0 fully saturated rings. The summed E-state index contributed by atoms with van der Waals surface area (Å²) in [5, 5.41) is 1.38. The van der Waals surface area contributed by atoms with Gasteiger partial charge in [-0.1, -0.05) is 30.0 Å². The molecule has 0 aliphatic carbocycles. The number of hydrogen-bond acceptors (Lipinski definition) is 6. The van der Waals surface area contributed by atoms with E-state index in [1.165, 1.54) is 11.8 Å². The lowest BCUT2D eigenvalue weighted by Gasteiger charge is -2.11. The first kappa shape index (κ1) is 20.2. The van der Waals surface area contributed by atoms with Gasteiger partial charge >= 0.3 is 0 Å². The number of ketones is 1. The average Bonchev–Trinajstić information content (AvgIpc) is 3.16. The summed E-state index contributed by atoms with van der Waals surface area (Å²) in [6, 6.07) is 14.6. The zero-order valence-electron chi connectivity index (χ0n) is 16.7. The Morgan fingerprint density at radius 2 is 1.90 bits per heavy atom. The molecule has 8 heteroatoms. The third kappa shape index (κ3) is 3.83. The van der Waals surface area contributed by atoms with Crippen molar-refractivity contribution in [1.82, 2.24) is 14.5 Å². The molecule has 0 aliphatic heterocycles. The molecule has 7 nitrogen and oxygen atoms in total. The molecule has 0 saturated heterocycles. The van der Waals surface area contributed by atoms with Crippen molar-refractivity contribution in [3.05, 3.63) is 64.4 Å². The summed E-state index contributed by atoms with van der Waals surface area (Å²) in [6.45, 7) is 0.722. The number of fused-ring (bicyclic) bond motifs is 3. The monoisotopic (exact) mass is 423 g/mol. The molecule has 4 rings (SSSR count). The van der Waals surface area contributed by atoms with Crippen LogP contribution in [0.15, 0.2) is 58.5 Å². The number of aromatic nitrogens is 3. The number of carbonyl (C=O) groups excluding carboxylic acids is 1. The second kappa shape index (κ2) is 8.73. The van der Waals surface area contributed by atoms with E-state index in [2.05, 4.69) is 4.98 Å². The molecule has 0 amide bonds. The number of benzene rings is 2. The molecule has 4 aromatic rings. The maximum atomic E-state index is 13.1. The number of rotatable bonds is 8. The van der Waals surface area contributed by atoms with Gasteiger partial charge in [-0.05, 0) is 30.3 Å². The standard InChI is InChI=1S/C22H21N3O4S/c1-28-12-11-25-21(27)20-19(16-5-3-4-6-17(16)23-20)24-22(25)30-13-18(26)14-7-9-15(29-2)10-8-14/h3-10,23H,11-13H2,1-2H3. The van der Waals surface area contributed by atoms with Crippen LogP contribution in [-0.4, -0.2) is 46.9 Å². The fraction of sp³-hybridized carbons (Fsp3) is 0.227. The summed E-state index contributed by atoms with van der Waals surface area (Å²) in [5.41, 5.74) is 2.34. The van der Waals surface area contributed by atoms with Crippen LogP contribution in [0.3, 0.4) is 0 Å². The van der Waals surface area contributed by atoms with Crippen molar-refractivity contribution in [3.8, 4) is 5.75 Å². The minimum Gasteiger partial charge on any atom is -0.497 e. The Morgan fingerprint density at radius 3 is 2.63 bits per heavy atom. The van der Waals surface area contributed by atoms with Gasteiger partial charge in [0.05, 0.1) is 26.0 Å². The number of methoxy groups -OCH3 is 2. The first-order chi connectivity index (χ1) is 14.6. The highest BCUT2D eigenvalue weighted by Crippen LogP contribution is 2.25. The lowest BCUT2D eigenvalue weighted by Crippen LogP contribution is -2.25. The van der Waals surface area contributed by atoms with Crippen LogP contribution >= 0.6 is 11.8 Å². The number of H-pyrrole nitrogens is 1. The van der Waals surface area contributed by atoms with Crippen molar-refractivity contribution in [1.29, 1.82) is 0 Å². The normalized spacial score (nSPS) is 11.3. The van der Waals surface area contributed by atoms with E-state index in [1.54, 1.807) is 43.1 Å². The van der Waals surface area contributed by atoms with Crippen molar-refractivity contribution in [2.45, 2.75) is 11.7 Å². The number of thioether (sulfide) groups is 1. The van der Waals surface area contributed by atoms with E-state index in [4.69, 9.17) is 14.5 Å². The van der Waals surface area contributed by atoms with Gasteiger partial charge in [0, 0.05) is 23.6 Å². The molecule has 0 atom stereocenters. The number of ether oxygens (including phenoxy) is 2. The Kier molecular flexibility index (Phi) is 5.87. The van der Waals surface area contributed by atoms with Crippen molar-refractivity contribution in [3.63, 3.8) is 0 Å². The predicted octanol–water partition coefficient (Wildman–Crippen LogP) is 3.51. The minimum absolute atomic E-state index is 0.0470. The lowest BCUT2D eigenvalue weighted by atomic mass is 10.1. The molecule has 0 saturated carbocycles.